The van der Waals surface area contributed by atoms with Crippen LogP contribution in [0.4, 0.5) is 17.6 Å². The van der Waals surface area contributed by atoms with Crippen molar-refractivity contribution in [1.29, 1.82) is 0 Å². The third kappa shape index (κ3) is 4.07. The van der Waals surface area contributed by atoms with Crippen molar-refractivity contribution >= 4 is 0 Å². The number of methoxy groups -OCH3 is 1. The summed E-state index contributed by atoms with van der Waals surface area (Å²) in [5.74, 6) is -0.748. The van der Waals surface area contributed by atoms with Crippen LogP contribution in [0.15, 0.2) is 18.2 Å². The van der Waals surface area contributed by atoms with Crippen LogP contribution >= 0.6 is 0 Å². The number of nitrogens with zero attached hydrogens (tertiary/aromatic N) is 1. The largest absolute Gasteiger partial charge is 0.494 e. The van der Waals surface area contributed by atoms with Gasteiger partial charge in [0.1, 0.15) is 0 Å². The Hall–Kier alpha value is -1.34. The lowest BCUT2D eigenvalue weighted by Crippen LogP contribution is -2.46. The van der Waals surface area contributed by atoms with Crippen LogP contribution in [-0.4, -0.2) is 44.4 Å². The first-order valence-electron chi connectivity index (χ1n) is 6.76. The van der Waals surface area contributed by atoms with Crippen molar-refractivity contribution in [3.63, 3.8) is 0 Å². The normalized spacial score (nSPS) is 18.5. The summed E-state index contributed by atoms with van der Waals surface area (Å²) in [5.41, 5.74) is 0.0357. The molecule has 0 amide bonds. The van der Waals surface area contributed by atoms with Gasteiger partial charge in [0.2, 0.25) is 0 Å². The number of halogens is 4. The molecule has 0 unspecified atom stereocenters. The molecule has 1 aromatic rings. The molecule has 118 valence electrons. The number of piperazine rings is 1. The molecule has 2 rings (SSSR count). The minimum Gasteiger partial charge on any atom is -0.494 e. The molecule has 1 N–H and O–H groups in total. The van der Waals surface area contributed by atoms with Crippen LogP contribution in [0.25, 0.3) is 0 Å². The van der Waals surface area contributed by atoms with Crippen molar-refractivity contribution in [1.82, 2.24) is 10.2 Å². The van der Waals surface area contributed by atoms with Crippen molar-refractivity contribution in [2.75, 3.05) is 33.3 Å². The van der Waals surface area contributed by atoms with Crippen LogP contribution in [0.5, 0.6) is 5.75 Å². The summed E-state index contributed by atoms with van der Waals surface area (Å²) in [6, 6.07) is 3.29. The average Bonchev–Trinajstić information content (AvgIpc) is 2.45. The number of ether oxygens (including phenoxy) is 1. The number of hydrogen-bond donors (Lipinski definition) is 1. The molecule has 1 atom stereocenters. The Labute approximate surface area is 120 Å². The van der Waals surface area contributed by atoms with E-state index in [-0.39, 0.29) is 11.3 Å². The molecule has 0 bridgehead atoms. The minimum absolute atomic E-state index is 0.0326. The van der Waals surface area contributed by atoms with Crippen LogP contribution in [0.2, 0.25) is 0 Å². The van der Waals surface area contributed by atoms with Crippen molar-refractivity contribution in [2.24, 2.45) is 0 Å². The second-order valence-electron chi connectivity index (χ2n) is 4.98. The van der Waals surface area contributed by atoms with Crippen molar-refractivity contribution in [3.8, 4) is 5.75 Å². The third-order valence-electron chi connectivity index (χ3n) is 3.59. The quantitative estimate of drug-likeness (QED) is 0.866. The number of hydrogen-bond acceptors (Lipinski definition) is 3. The Morgan fingerprint density at radius 1 is 1.29 bits per heavy atom. The molecule has 0 aromatic heterocycles. The maximum atomic E-state index is 14.3. The summed E-state index contributed by atoms with van der Waals surface area (Å²) in [6.07, 6.45) is -5.43. The molecule has 1 aliphatic rings. The Bertz CT molecular complexity index is 473. The molecule has 0 spiro atoms. The summed E-state index contributed by atoms with van der Waals surface area (Å²) < 4.78 is 57.8. The van der Waals surface area contributed by atoms with Crippen molar-refractivity contribution in [2.45, 2.75) is 18.6 Å². The number of rotatable bonds is 4. The smallest absolute Gasteiger partial charge is 0.390 e. The van der Waals surface area contributed by atoms with Crippen molar-refractivity contribution in [3.05, 3.63) is 29.6 Å². The summed E-state index contributed by atoms with van der Waals surface area (Å²) in [6.45, 7) is 2.11. The predicted molar refractivity (Wildman–Crippen MR) is 70.8 cm³/mol. The lowest BCUT2D eigenvalue weighted by atomic mass is 9.99. The second kappa shape index (κ2) is 6.62. The van der Waals surface area contributed by atoms with E-state index in [1.165, 1.54) is 25.3 Å². The average molecular weight is 306 g/mol. The lowest BCUT2D eigenvalue weighted by molar-refractivity contribution is -0.149. The van der Waals surface area contributed by atoms with Gasteiger partial charge < -0.3 is 10.1 Å². The molecule has 21 heavy (non-hydrogen) atoms. The van der Waals surface area contributed by atoms with E-state index in [4.69, 9.17) is 4.74 Å². The fraction of sp³-hybridized carbons (Fsp3) is 0.571. The maximum absolute atomic E-state index is 14.3. The SMILES string of the molecule is COc1cccc([C@H](CC(F)(F)F)N2CCNCC2)c1F. The van der Waals surface area contributed by atoms with E-state index >= 15 is 0 Å². The summed E-state index contributed by atoms with van der Waals surface area (Å²) >= 11 is 0. The zero-order chi connectivity index (χ0) is 15.5. The molecule has 0 aliphatic carbocycles. The van der Waals surface area contributed by atoms with Gasteiger partial charge in [0.25, 0.3) is 0 Å². The fourth-order valence-electron chi connectivity index (χ4n) is 2.59. The molecular weight excluding hydrogens is 288 g/mol. The van der Waals surface area contributed by atoms with Crippen LogP contribution in [0.1, 0.15) is 18.0 Å². The van der Waals surface area contributed by atoms with Gasteiger partial charge in [-0.15, -0.1) is 0 Å². The van der Waals surface area contributed by atoms with Gasteiger partial charge in [-0.05, 0) is 6.07 Å². The highest BCUT2D eigenvalue weighted by Crippen LogP contribution is 2.36. The van der Waals surface area contributed by atoms with Crippen LogP contribution in [0.3, 0.4) is 0 Å². The zero-order valence-electron chi connectivity index (χ0n) is 11.7. The number of alkyl halides is 3. The van der Waals surface area contributed by atoms with Gasteiger partial charge >= 0.3 is 6.18 Å². The van der Waals surface area contributed by atoms with E-state index < -0.39 is 24.5 Å². The van der Waals surface area contributed by atoms with E-state index in [0.29, 0.717) is 26.2 Å². The van der Waals surface area contributed by atoms with Gasteiger partial charge in [0, 0.05) is 37.8 Å². The number of nitrogens with one attached hydrogen (secondary N) is 1. The van der Waals surface area contributed by atoms with Crippen LogP contribution in [-0.2, 0) is 0 Å². The van der Waals surface area contributed by atoms with E-state index in [9.17, 15) is 17.6 Å². The van der Waals surface area contributed by atoms with Gasteiger partial charge in [0.15, 0.2) is 11.6 Å². The lowest BCUT2D eigenvalue weighted by Gasteiger charge is -2.35. The maximum Gasteiger partial charge on any atom is 0.390 e. The topological polar surface area (TPSA) is 24.5 Å². The first-order chi connectivity index (χ1) is 9.92. The fourth-order valence-corrected chi connectivity index (χ4v) is 2.59. The molecular formula is C14H18F4N2O. The monoisotopic (exact) mass is 306 g/mol. The summed E-state index contributed by atoms with van der Waals surface area (Å²) in [5, 5.41) is 3.08. The molecule has 1 fully saturated rings. The molecule has 1 aliphatic heterocycles. The van der Waals surface area contributed by atoms with Gasteiger partial charge in [-0.2, -0.15) is 13.2 Å². The second-order valence-corrected chi connectivity index (χ2v) is 4.98. The third-order valence-corrected chi connectivity index (χ3v) is 3.59. The zero-order valence-corrected chi connectivity index (χ0v) is 11.7. The molecule has 0 radical (unpaired) electrons. The van der Waals surface area contributed by atoms with E-state index in [1.54, 1.807) is 4.90 Å². The highest BCUT2D eigenvalue weighted by Gasteiger charge is 2.37. The molecule has 0 saturated carbocycles. The van der Waals surface area contributed by atoms with Crippen LogP contribution in [0, 0.1) is 5.82 Å². The van der Waals surface area contributed by atoms with Gasteiger partial charge in [-0.3, -0.25) is 4.90 Å². The molecule has 7 heteroatoms. The molecule has 3 nitrogen and oxygen atoms in total. The van der Waals surface area contributed by atoms with Crippen molar-refractivity contribution < 1.29 is 22.3 Å². The Morgan fingerprint density at radius 3 is 2.52 bits per heavy atom. The molecule has 1 aromatic carbocycles. The number of benzene rings is 1. The van der Waals surface area contributed by atoms with Crippen LogP contribution < -0.4 is 10.1 Å². The minimum atomic E-state index is -4.36. The van der Waals surface area contributed by atoms with E-state index in [2.05, 4.69) is 5.32 Å². The Balaban J connectivity index is 2.34. The highest BCUT2D eigenvalue weighted by molar-refractivity contribution is 5.33. The van der Waals surface area contributed by atoms with Gasteiger partial charge in [-0.25, -0.2) is 4.39 Å². The first kappa shape index (κ1) is 16.0. The molecule has 1 heterocycles. The van der Waals surface area contributed by atoms with Gasteiger partial charge in [0.05, 0.1) is 13.5 Å². The van der Waals surface area contributed by atoms with Gasteiger partial charge in [-0.1, -0.05) is 12.1 Å². The Morgan fingerprint density at radius 2 is 1.95 bits per heavy atom. The summed E-state index contributed by atoms with van der Waals surface area (Å²) in [4.78, 5) is 1.67. The standard InChI is InChI=1S/C14H18F4N2O/c1-21-12-4-2-3-10(13(12)15)11(9-14(16,17)18)20-7-5-19-6-8-20/h2-4,11,19H,5-9H2,1H3/t11-/m0/s1. The van der Waals surface area contributed by atoms with E-state index in [1.807, 2.05) is 0 Å². The summed E-state index contributed by atoms with van der Waals surface area (Å²) in [7, 11) is 1.30. The molecule has 1 saturated heterocycles. The Kier molecular flexibility index (Phi) is 5.05. The van der Waals surface area contributed by atoms with E-state index in [0.717, 1.165) is 0 Å². The predicted octanol–water partition coefficient (Wildman–Crippen LogP) is 2.73. The highest BCUT2D eigenvalue weighted by atomic mass is 19.4. The first-order valence-corrected chi connectivity index (χ1v) is 6.76.